The van der Waals surface area contributed by atoms with Crippen LogP contribution in [0.15, 0.2) is 42.2 Å². The third-order valence-electron chi connectivity index (χ3n) is 3.28. The second-order valence-corrected chi connectivity index (χ2v) is 8.24. The average molecular weight is 572 g/mol. The van der Waals surface area contributed by atoms with Gasteiger partial charge in [0, 0.05) is 15.4 Å². The van der Waals surface area contributed by atoms with E-state index in [1.165, 1.54) is 11.1 Å². The zero-order chi connectivity index (χ0) is 17.0. The van der Waals surface area contributed by atoms with Gasteiger partial charge in [-0.3, -0.25) is 0 Å². The van der Waals surface area contributed by atoms with Gasteiger partial charge in [0.15, 0.2) is 0 Å². The summed E-state index contributed by atoms with van der Waals surface area (Å²) in [4.78, 5) is 0. The summed E-state index contributed by atoms with van der Waals surface area (Å²) in [5, 5.41) is 0. The van der Waals surface area contributed by atoms with Crippen LogP contribution < -0.4 is 9.47 Å². The molecule has 0 N–H and O–H groups in total. The van der Waals surface area contributed by atoms with Crippen LogP contribution in [0.25, 0.3) is 0 Å². The molecule has 0 saturated carbocycles. The molecule has 0 aliphatic carbocycles. The Balaban J connectivity index is 1.83. The van der Waals surface area contributed by atoms with Crippen LogP contribution in [-0.2, 0) is 0 Å². The highest BCUT2D eigenvalue weighted by molar-refractivity contribution is 9.13. The molecule has 2 nitrogen and oxygen atoms in total. The van der Waals surface area contributed by atoms with Crippen LogP contribution in [0.5, 0.6) is 11.5 Å². The van der Waals surface area contributed by atoms with Crippen molar-refractivity contribution in [1.29, 1.82) is 0 Å². The molecule has 0 aromatic heterocycles. The Labute approximate surface area is 170 Å². The maximum Gasteiger partial charge on any atom is 0.134 e. The van der Waals surface area contributed by atoms with Gasteiger partial charge in [-0.05, 0) is 101 Å². The first-order valence-electron chi connectivity index (χ1n) is 7.06. The van der Waals surface area contributed by atoms with E-state index in [1.54, 1.807) is 0 Å². The molecule has 2 aromatic carbocycles. The molecular weight excluding hydrogens is 556 g/mol. The maximum atomic E-state index is 5.81. The third-order valence-corrected chi connectivity index (χ3v) is 7.97. The molecule has 0 unspecified atom stereocenters. The first-order valence-corrected chi connectivity index (χ1v) is 10.2. The minimum atomic E-state index is 0.596. The number of aryl methyl sites for hydroxylation is 2. The zero-order valence-corrected chi connectivity index (χ0v) is 19.1. The summed E-state index contributed by atoms with van der Waals surface area (Å²) in [6.07, 6.45) is 0.801. The lowest BCUT2D eigenvalue weighted by molar-refractivity contribution is 0.245. The number of rotatable bonds is 6. The van der Waals surface area contributed by atoms with E-state index in [9.17, 15) is 0 Å². The summed E-state index contributed by atoms with van der Waals surface area (Å²) in [5.41, 5.74) is 2.34. The lowest BCUT2D eigenvalue weighted by atomic mass is 10.2. The SMILES string of the molecule is Cc1ccc(OCCCOc2ccc(C)c(Br)c2Br)c(Br)c1Br. The molecule has 0 aliphatic heterocycles. The number of hydrogen-bond donors (Lipinski definition) is 0. The predicted octanol–water partition coefficient (Wildman–Crippen LogP) is 7.20. The van der Waals surface area contributed by atoms with Crippen LogP contribution in [0.1, 0.15) is 17.5 Å². The molecule has 0 bridgehead atoms. The van der Waals surface area contributed by atoms with Crippen molar-refractivity contribution < 1.29 is 9.47 Å². The van der Waals surface area contributed by atoms with Gasteiger partial charge < -0.3 is 9.47 Å². The minimum absolute atomic E-state index is 0.596. The van der Waals surface area contributed by atoms with E-state index < -0.39 is 0 Å². The molecule has 0 spiro atoms. The lowest BCUT2D eigenvalue weighted by Crippen LogP contribution is -2.06. The summed E-state index contributed by atoms with van der Waals surface area (Å²) < 4.78 is 15.6. The van der Waals surface area contributed by atoms with Crippen LogP contribution in [0.2, 0.25) is 0 Å². The highest BCUT2D eigenvalue weighted by Gasteiger charge is 2.09. The molecule has 2 rings (SSSR count). The summed E-state index contributed by atoms with van der Waals surface area (Å²) in [5.74, 6) is 1.67. The molecule has 0 radical (unpaired) electrons. The van der Waals surface area contributed by atoms with Crippen molar-refractivity contribution in [3.63, 3.8) is 0 Å². The van der Waals surface area contributed by atoms with Crippen LogP contribution in [-0.4, -0.2) is 13.2 Å². The van der Waals surface area contributed by atoms with Crippen molar-refractivity contribution in [3.05, 3.63) is 53.3 Å². The fourth-order valence-corrected chi connectivity index (χ4v) is 3.68. The smallest absolute Gasteiger partial charge is 0.134 e. The molecule has 0 fully saturated rings. The maximum absolute atomic E-state index is 5.81. The Bertz CT molecular complexity index is 642. The highest BCUT2D eigenvalue weighted by atomic mass is 79.9. The molecule has 124 valence electrons. The molecule has 0 heterocycles. The van der Waals surface area contributed by atoms with E-state index in [-0.39, 0.29) is 0 Å². The summed E-state index contributed by atoms with van der Waals surface area (Å²) in [6.45, 7) is 5.28. The molecular formula is C17H16Br4O2. The van der Waals surface area contributed by atoms with Gasteiger partial charge in [-0.25, -0.2) is 0 Å². The fourth-order valence-electron chi connectivity index (χ4n) is 1.90. The quantitative estimate of drug-likeness (QED) is 0.341. The minimum Gasteiger partial charge on any atom is -0.492 e. The Morgan fingerprint density at radius 2 is 1.04 bits per heavy atom. The standard InChI is InChI=1S/C17H16Br4O2/c1-10-4-6-12(16(20)14(10)18)22-8-3-9-23-13-7-5-11(2)15(19)17(13)21/h4-7H,3,8-9H2,1-2H3. The Kier molecular flexibility index (Phi) is 7.45. The molecule has 0 aliphatic rings. The van der Waals surface area contributed by atoms with Gasteiger partial charge in [0.25, 0.3) is 0 Å². The van der Waals surface area contributed by atoms with E-state index >= 15 is 0 Å². The van der Waals surface area contributed by atoms with Crippen LogP contribution in [0.4, 0.5) is 0 Å². The van der Waals surface area contributed by atoms with E-state index in [4.69, 9.17) is 9.47 Å². The van der Waals surface area contributed by atoms with Crippen molar-refractivity contribution >= 4 is 63.7 Å². The Hall–Kier alpha value is -0.0400. The van der Waals surface area contributed by atoms with Crippen molar-refractivity contribution in [1.82, 2.24) is 0 Å². The van der Waals surface area contributed by atoms with E-state index in [0.717, 1.165) is 35.8 Å². The van der Waals surface area contributed by atoms with Gasteiger partial charge in [-0.15, -0.1) is 0 Å². The van der Waals surface area contributed by atoms with Crippen molar-refractivity contribution in [2.45, 2.75) is 20.3 Å². The normalized spacial score (nSPS) is 10.7. The second-order valence-electron chi connectivity index (χ2n) is 5.07. The summed E-state index contributed by atoms with van der Waals surface area (Å²) >= 11 is 14.2. The molecule has 0 amide bonds. The van der Waals surface area contributed by atoms with Gasteiger partial charge in [-0.1, -0.05) is 12.1 Å². The van der Waals surface area contributed by atoms with Gasteiger partial charge in [-0.2, -0.15) is 0 Å². The molecule has 6 heteroatoms. The van der Waals surface area contributed by atoms with Gasteiger partial charge in [0.05, 0.1) is 22.2 Å². The predicted molar refractivity (Wildman–Crippen MR) is 109 cm³/mol. The first kappa shape index (κ1) is 19.3. The Morgan fingerprint density at radius 3 is 1.43 bits per heavy atom. The topological polar surface area (TPSA) is 18.5 Å². The fraction of sp³-hybridized carbons (Fsp3) is 0.294. The zero-order valence-electron chi connectivity index (χ0n) is 12.8. The Morgan fingerprint density at radius 1 is 0.652 bits per heavy atom. The van der Waals surface area contributed by atoms with Gasteiger partial charge in [0.1, 0.15) is 11.5 Å². The van der Waals surface area contributed by atoms with Gasteiger partial charge in [0.2, 0.25) is 0 Å². The van der Waals surface area contributed by atoms with E-state index in [0.29, 0.717) is 13.2 Å². The number of benzene rings is 2. The number of ether oxygens (including phenoxy) is 2. The van der Waals surface area contributed by atoms with E-state index in [1.807, 2.05) is 38.1 Å². The number of hydrogen-bond acceptors (Lipinski definition) is 2. The molecule has 2 aromatic rings. The first-order chi connectivity index (χ1) is 10.9. The average Bonchev–Trinajstić information content (AvgIpc) is 2.54. The third kappa shape index (κ3) is 4.97. The van der Waals surface area contributed by atoms with Crippen LogP contribution >= 0.6 is 63.7 Å². The molecule has 0 saturated heterocycles. The summed E-state index contributed by atoms with van der Waals surface area (Å²) in [6, 6.07) is 8.00. The largest absolute Gasteiger partial charge is 0.492 e. The van der Waals surface area contributed by atoms with Crippen LogP contribution in [0.3, 0.4) is 0 Å². The van der Waals surface area contributed by atoms with E-state index in [2.05, 4.69) is 63.7 Å². The number of halogens is 4. The van der Waals surface area contributed by atoms with Crippen molar-refractivity contribution in [2.24, 2.45) is 0 Å². The monoisotopic (exact) mass is 568 g/mol. The van der Waals surface area contributed by atoms with Crippen molar-refractivity contribution in [2.75, 3.05) is 13.2 Å². The lowest BCUT2D eigenvalue weighted by Gasteiger charge is -2.12. The summed E-state index contributed by atoms with van der Waals surface area (Å²) in [7, 11) is 0. The molecule has 0 atom stereocenters. The second kappa shape index (κ2) is 8.88. The van der Waals surface area contributed by atoms with Crippen LogP contribution in [0, 0.1) is 13.8 Å². The molecule has 23 heavy (non-hydrogen) atoms. The highest BCUT2D eigenvalue weighted by Crippen LogP contribution is 2.36. The van der Waals surface area contributed by atoms with Crippen molar-refractivity contribution in [3.8, 4) is 11.5 Å². The van der Waals surface area contributed by atoms with Gasteiger partial charge >= 0.3 is 0 Å².